The lowest BCUT2D eigenvalue weighted by molar-refractivity contribution is -0.134. The second kappa shape index (κ2) is 11.5. The van der Waals surface area contributed by atoms with Gasteiger partial charge in [-0.25, -0.2) is 9.59 Å². The summed E-state index contributed by atoms with van der Waals surface area (Å²) >= 11 is 0. The number of nitrogens with zero attached hydrogens (tertiary/aromatic N) is 1. The zero-order valence-electron chi connectivity index (χ0n) is 20.2. The summed E-state index contributed by atoms with van der Waals surface area (Å²) in [6, 6.07) is 8.63. The van der Waals surface area contributed by atoms with E-state index in [9.17, 15) is 19.2 Å². The molecule has 2 aliphatic rings. The number of hydrogen-bond acceptors (Lipinski definition) is 6. The Bertz CT molecular complexity index is 888. The summed E-state index contributed by atoms with van der Waals surface area (Å²) < 4.78 is 10.6. The lowest BCUT2D eigenvalue weighted by atomic mass is 9.88. The van der Waals surface area contributed by atoms with E-state index in [4.69, 9.17) is 9.47 Å². The monoisotopic (exact) mass is 489 g/mol. The third kappa shape index (κ3) is 7.58. The second-order valence-corrected chi connectivity index (χ2v) is 15.7. The predicted molar refractivity (Wildman–Crippen MR) is 129 cm³/mol. The highest BCUT2D eigenvalue weighted by Crippen LogP contribution is 2.26. The van der Waals surface area contributed by atoms with Gasteiger partial charge in [0.25, 0.3) is 0 Å². The molecule has 0 unspecified atom stereocenters. The average Bonchev–Trinajstić information content (AvgIpc) is 3.12. The Hall–Kier alpha value is -2.88. The molecule has 3 atom stereocenters. The van der Waals surface area contributed by atoms with Gasteiger partial charge in [-0.2, -0.15) is 0 Å². The summed E-state index contributed by atoms with van der Waals surface area (Å²) in [5.41, 5.74) is 0.856. The molecule has 2 N–H and O–H groups in total. The van der Waals surface area contributed by atoms with Crippen molar-refractivity contribution in [2.24, 2.45) is 0 Å². The molecular weight excluding hydrogens is 454 g/mol. The van der Waals surface area contributed by atoms with E-state index in [0.717, 1.165) is 11.6 Å². The molecule has 0 aromatic heterocycles. The largest absolute Gasteiger partial charge is 0.450 e. The summed E-state index contributed by atoms with van der Waals surface area (Å²) in [5.74, 6) is -0.177. The Balaban J connectivity index is 1.52. The molecule has 1 aliphatic carbocycles. The van der Waals surface area contributed by atoms with E-state index in [1.807, 2.05) is 30.3 Å². The molecule has 9 nitrogen and oxygen atoms in total. The maximum Gasteiger partial charge on any atom is 0.408 e. The van der Waals surface area contributed by atoms with E-state index >= 15 is 0 Å². The van der Waals surface area contributed by atoms with Crippen LogP contribution in [0.2, 0.25) is 25.7 Å². The van der Waals surface area contributed by atoms with Crippen molar-refractivity contribution >= 4 is 32.0 Å². The number of nitrogens with one attached hydrogen (secondary N) is 2. The van der Waals surface area contributed by atoms with Crippen molar-refractivity contribution in [3.63, 3.8) is 0 Å². The van der Waals surface area contributed by atoms with E-state index in [1.165, 1.54) is 0 Å². The SMILES string of the molecule is C[Si](C)(C)CCOC(=O)N[C@@H]1CC(=O)CC[C@@H]1N1CC[C@H](NC(=O)OCc2ccccc2)C1=O. The zero-order chi connectivity index (χ0) is 24.7. The summed E-state index contributed by atoms with van der Waals surface area (Å²) in [6.07, 6.45) is 0.216. The van der Waals surface area contributed by atoms with Crippen LogP contribution in [0.4, 0.5) is 9.59 Å². The number of ketones is 1. The van der Waals surface area contributed by atoms with Gasteiger partial charge in [0.1, 0.15) is 18.4 Å². The number of amides is 3. The van der Waals surface area contributed by atoms with Gasteiger partial charge in [0.15, 0.2) is 0 Å². The second-order valence-electron chi connectivity index (χ2n) is 10.1. The van der Waals surface area contributed by atoms with Crippen molar-refractivity contribution in [1.82, 2.24) is 15.5 Å². The zero-order valence-corrected chi connectivity index (χ0v) is 21.2. The quantitative estimate of drug-likeness (QED) is 0.543. The van der Waals surface area contributed by atoms with Crippen molar-refractivity contribution in [2.45, 2.75) is 76.1 Å². The van der Waals surface area contributed by atoms with Gasteiger partial charge in [-0.05, 0) is 24.4 Å². The summed E-state index contributed by atoms with van der Waals surface area (Å²) in [7, 11) is -1.33. The normalized spacial score (nSPS) is 22.9. The number of Topliss-reactive ketones (excluding diaryl/α,β-unsaturated/α-hetero) is 1. The van der Waals surface area contributed by atoms with E-state index in [2.05, 4.69) is 30.3 Å². The Morgan fingerprint density at radius 3 is 2.44 bits per heavy atom. The highest BCUT2D eigenvalue weighted by molar-refractivity contribution is 6.76. The maximum absolute atomic E-state index is 13.0. The molecule has 1 heterocycles. The average molecular weight is 490 g/mol. The van der Waals surface area contributed by atoms with Crippen LogP contribution in [0, 0.1) is 0 Å². The van der Waals surface area contributed by atoms with E-state index in [0.29, 0.717) is 32.4 Å². The van der Waals surface area contributed by atoms with Gasteiger partial charge in [0, 0.05) is 27.5 Å². The fourth-order valence-corrected chi connectivity index (χ4v) is 4.94. The first-order valence-electron chi connectivity index (χ1n) is 11.8. The Morgan fingerprint density at radius 1 is 1.03 bits per heavy atom. The molecule has 2 fully saturated rings. The molecule has 3 rings (SSSR count). The third-order valence-corrected chi connectivity index (χ3v) is 7.87. The highest BCUT2D eigenvalue weighted by atomic mass is 28.3. The summed E-state index contributed by atoms with van der Waals surface area (Å²) in [4.78, 5) is 51.3. The number of alkyl carbamates (subject to hydrolysis) is 2. The van der Waals surface area contributed by atoms with Crippen LogP contribution in [0.1, 0.15) is 31.2 Å². The standard InChI is InChI=1S/C24H35N3O6Si/c1-34(2,3)14-13-32-23(30)26-20-15-18(28)9-10-21(20)27-12-11-19(22(27)29)25-24(31)33-16-17-7-5-4-6-8-17/h4-8,19-21H,9-16H2,1-3H3,(H,25,31)(H,26,30)/t19-,20+,21-/m0/s1. The highest BCUT2D eigenvalue weighted by Gasteiger charge is 2.42. The molecule has 1 saturated heterocycles. The predicted octanol–water partition coefficient (Wildman–Crippen LogP) is 3.07. The minimum atomic E-state index is -1.33. The first-order valence-corrected chi connectivity index (χ1v) is 15.6. The van der Waals surface area contributed by atoms with Crippen LogP contribution in [0.3, 0.4) is 0 Å². The van der Waals surface area contributed by atoms with Crippen LogP contribution >= 0.6 is 0 Å². The molecule has 34 heavy (non-hydrogen) atoms. The van der Waals surface area contributed by atoms with Gasteiger partial charge in [0.05, 0.1) is 18.7 Å². The number of rotatable bonds is 8. The molecule has 1 saturated carbocycles. The van der Waals surface area contributed by atoms with Crippen molar-refractivity contribution < 1.29 is 28.7 Å². The van der Waals surface area contributed by atoms with E-state index in [-0.39, 0.29) is 30.8 Å². The van der Waals surface area contributed by atoms with Gasteiger partial charge in [0.2, 0.25) is 5.91 Å². The first kappa shape index (κ1) is 25.7. The van der Waals surface area contributed by atoms with Crippen LogP contribution in [0.25, 0.3) is 0 Å². The van der Waals surface area contributed by atoms with Gasteiger partial charge >= 0.3 is 12.2 Å². The molecule has 3 amide bonds. The van der Waals surface area contributed by atoms with Gasteiger partial charge in [-0.15, -0.1) is 0 Å². The molecule has 1 aromatic rings. The van der Waals surface area contributed by atoms with Crippen LogP contribution in [0.5, 0.6) is 0 Å². The fourth-order valence-electron chi connectivity index (χ4n) is 4.23. The molecule has 10 heteroatoms. The van der Waals surface area contributed by atoms with Crippen molar-refractivity contribution in [2.75, 3.05) is 13.2 Å². The van der Waals surface area contributed by atoms with Crippen molar-refractivity contribution in [1.29, 1.82) is 0 Å². The van der Waals surface area contributed by atoms with E-state index in [1.54, 1.807) is 4.90 Å². The molecule has 1 aromatic carbocycles. The number of carbonyl (C=O) groups is 4. The van der Waals surface area contributed by atoms with E-state index < -0.39 is 32.3 Å². The topological polar surface area (TPSA) is 114 Å². The van der Waals surface area contributed by atoms with Gasteiger partial charge in [-0.1, -0.05) is 50.0 Å². The maximum atomic E-state index is 13.0. The number of benzene rings is 1. The lowest BCUT2D eigenvalue weighted by Gasteiger charge is -2.37. The van der Waals surface area contributed by atoms with Crippen LogP contribution < -0.4 is 10.6 Å². The molecule has 0 bridgehead atoms. The summed E-state index contributed by atoms with van der Waals surface area (Å²) in [5, 5.41) is 5.45. The Kier molecular flexibility index (Phi) is 8.71. The van der Waals surface area contributed by atoms with Gasteiger partial charge < -0.3 is 25.0 Å². The first-order chi connectivity index (χ1) is 16.1. The lowest BCUT2D eigenvalue weighted by Crippen LogP contribution is -2.56. The molecule has 0 radical (unpaired) electrons. The minimum absolute atomic E-state index is 0.0504. The van der Waals surface area contributed by atoms with Crippen LogP contribution in [-0.2, 0) is 25.7 Å². The number of ether oxygens (including phenoxy) is 2. The number of hydrogen-bond donors (Lipinski definition) is 2. The molecular formula is C24H35N3O6Si. The van der Waals surface area contributed by atoms with Gasteiger partial charge in [-0.3, -0.25) is 9.59 Å². The third-order valence-electron chi connectivity index (χ3n) is 6.16. The number of carbonyl (C=O) groups excluding carboxylic acids is 4. The smallest absolute Gasteiger partial charge is 0.408 e. The number of likely N-dealkylation sites (tertiary alicyclic amines) is 1. The minimum Gasteiger partial charge on any atom is -0.450 e. The molecule has 0 spiro atoms. The summed E-state index contributed by atoms with van der Waals surface area (Å²) in [6.45, 7) is 7.49. The van der Waals surface area contributed by atoms with Crippen molar-refractivity contribution in [3.8, 4) is 0 Å². The van der Waals surface area contributed by atoms with Crippen molar-refractivity contribution in [3.05, 3.63) is 35.9 Å². The van der Waals surface area contributed by atoms with Crippen LogP contribution in [0.15, 0.2) is 30.3 Å². The molecule has 1 aliphatic heterocycles. The Morgan fingerprint density at radius 2 is 1.74 bits per heavy atom. The van der Waals surface area contributed by atoms with Crippen LogP contribution in [-0.4, -0.2) is 68.1 Å². The Labute approximate surface area is 201 Å². The fraction of sp³-hybridized carbons (Fsp3) is 0.583. The molecule has 186 valence electrons.